The van der Waals surface area contributed by atoms with E-state index in [0.717, 1.165) is 36.7 Å². The summed E-state index contributed by atoms with van der Waals surface area (Å²) in [6, 6.07) is -0.986. The van der Waals surface area contributed by atoms with E-state index in [1.807, 2.05) is 11.5 Å². The van der Waals surface area contributed by atoms with Gasteiger partial charge < -0.3 is 10.5 Å². The number of piperidine rings is 1. The minimum Gasteiger partial charge on any atom is -0.378 e. The summed E-state index contributed by atoms with van der Waals surface area (Å²) >= 11 is 0. The van der Waals surface area contributed by atoms with Crippen LogP contribution < -0.4 is 5.73 Å². The quantitative estimate of drug-likeness (QED) is 0.438. The number of fused-ring (bicyclic) bond motifs is 1. The van der Waals surface area contributed by atoms with Gasteiger partial charge in [0.25, 0.3) is 17.8 Å². The number of hydrogen-bond acceptors (Lipinski definition) is 6. The fourth-order valence-electron chi connectivity index (χ4n) is 3.92. The fourth-order valence-corrected chi connectivity index (χ4v) is 3.92. The van der Waals surface area contributed by atoms with Crippen molar-refractivity contribution in [3.63, 3.8) is 0 Å². The molecule has 0 spiro atoms. The van der Waals surface area contributed by atoms with Crippen LogP contribution in [0.25, 0.3) is 0 Å². The molecule has 0 aliphatic carbocycles. The summed E-state index contributed by atoms with van der Waals surface area (Å²) in [5.41, 5.74) is 5.42. The number of amidine groups is 2. The number of likely N-dealkylation sites (tertiary alicyclic amines) is 1. The summed E-state index contributed by atoms with van der Waals surface area (Å²) in [6.45, 7) is 5.54. The Morgan fingerprint density at radius 3 is 2.54 bits per heavy atom. The van der Waals surface area contributed by atoms with Gasteiger partial charge in [-0.2, -0.15) is 0 Å². The Hall–Kier alpha value is -2.33. The van der Waals surface area contributed by atoms with E-state index >= 15 is 0 Å². The third kappa shape index (κ3) is 3.79. The zero-order valence-corrected chi connectivity index (χ0v) is 16.8. The number of amides is 4. The topological polar surface area (TPSA) is 112 Å². The predicted octanol–water partition coefficient (Wildman–Crippen LogP) is -1.06. The molecule has 3 aliphatic heterocycles. The molecule has 3 heterocycles. The number of nitrogens with zero attached hydrogens (tertiary/aromatic N) is 5. The molecule has 1 atom stereocenters. The molecule has 0 radical (unpaired) electrons. The van der Waals surface area contributed by atoms with Crippen LogP contribution in [0, 0.1) is 5.92 Å². The lowest BCUT2D eigenvalue weighted by Crippen LogP contribution is -2.61. The number of rotatable bonds is 7. The maximum atomic E-state index is 12.8. The number of hydrogen-bond donors (Lipinski definition) is 1. The highest BCUT2D eigenvalue weighted by molar-refractivity contribution is 6.23. The maximum absolute atomic E-state index is 12.8. The summed E-state index contributed by atoms with van der Waals surface area (Å²) < 4.78 is 7.43. The Bertz CT molecular complexity index is 726. The Morgan fingerprint density at radius 2 is 1.93 bits per heavy atom. The van der Waals surface area contributed by atoms with E-state index in [0.29, 0.717) is 32.1 Å². The molecule has 4 amide bonds. The molecule has 2 saturated heterocycles. The number of primary amides is 1. The lowest BCUT2D eigenvalue weighted by Gasteiger charge is -2.31. The van der Waals surface area contributed by atoms with Crippen molar-refractivity contribution < 1.29 is 23.7 Å². The normalized spacial score (nSPS) is 24.1. The van der Waals surface area contributed by atoms with Gasteiger partial charge in [-0.15, -0.1) is 0 Å². The molecule has 0 bridgehead atoms. The average molecular weight is 393 g/mol. The van der Waals surface area contributed by atoms with E-state index in [4.69, 9.17) is 10.5 Å². The molecule has 2 fully saturated rings. The van der Waals surface area contributed by atoms with Gasteiger partial charge >= 0.3 is 11.9 Å². The van der Waals surface area contributed by atoms with Crippen molar-refractivity contribution in [3.05, 3.63) is 0 Å². The van der Waals surface area contributed by atoms with Crippen LogP contribution in [0.2, 0.25) is 0 Å². The molecule has 28 heavy (non-hydrogen) atoms. The maximum Gasteiger partial charge on any atom is 0.333 e. The largest absolute Gasteiger partial charge is 0.378 e. The number of likely N-dealkylation sites (N-methyl/N-ethyl adjacent to an activating group) is 2. The molecule has 2 N–H and O–H groups in total. The molecule has 0 aromatic heterocycles. The number of imide groups is 1. The second kappa shape index (κ2) is 8.36. The van der Waals surface area contributed by atoms with Gasteiger partial charge in [0.2, 0.25) is 5.91 Å². The fraction of sp³-hybridized carbons (Fsp3) is 0.722. The minimum absolute atomic E-state index is 0.0771. The van der Waals surface area contributed by atoms with Crippen molar-refractivity contribution in [3.8, 4) is 0 Å². The van der Waals surface area contributed by atoms with Crippen molar-refractivity contribution in [2.75, 3.05) is 53.5 Å². The predicted molar refractivity (Wildman–Crippen MR) is 102 cm³/mol. The second-order valence-corrected chi connectivity index (χ2v) is 7.37. The van der Waals surface area contributed by atoms with E-state index in [2.05, 4.69) is 9.89 Å². The van der Waals surface area contributed by atoms with Crippen LogP contribution in [0.5, 0.6) is 0 Å². The van der Waals surface area contributed by atoms with Crippen LogP contribution in [0.1, 0.15) is 19.8 Å². The van der Waals surface area contributed by atoms with E-state index in [9.17, 15) is 14.4 Å². The Labute approximate surface area is 164 Å². The van der Waals surface area contributed by atoms with Gasteiger partial charge in [-0.05, 0) is 37.8 Å². The van der Waals surface area contributed by atoms with Crippen LogP contribution in [0.3, 0.4) is 0 Å². The lowest BCUT2D eigenvalue weighted by molar-refractivity contribution is -0.539. The number of aliphatic imine (C=N–C) groups is 1. The molecule has 10 nitrogen and oxygen atoms in total. The Morgan fingerprint density at radius 1 is 1.25 bits per heavy atom. The first kappa shape index (κ1) is 20.4. The molecule has 0 aromatic carbocycles. The zero-order valence-electron chi connectivity index (χ0n) is 16.8. The van der Waals surface area contributed by atoms with E-state index in [-0.39, 0.29) is 23.8 Å². The molecule has 10 heteroatoms. The molecular weight excluding hydrogens is 364 g/mol. The van der Waals surface area contributed by atoms with Gasteiger partial charge in [-0.1, -0.05) is 0 Å². The van der Waals surface area contributed by atoms with Crippen molar-refractivity contribution in [2.24, 2.45) is 16.6 Å². The van der Waals surface area contributed by atoms with Gasteiger partial charge in [-0.25, -0.2) is 9.37 Å². The van der Waals surface area contributed by atoms with Crippen LogP contribution in [-0.2, 0) is 14.3 Å². The monoisotopic (exact) mass is 393 g/mol. The van der Waals surface area contributed by atoms with Crippen molar-refractivity contribution in [2.45, 2.75) is 25.8 Å². The lowest BCUT2D eigenvalue weighted by atomic mass is 9.96. The van der Waals surface area contributed by atoms with Crippen LogP contribution in [-0.4, -0.2) is 108 Å². The first-order valence-corrected chi connectivity index (χ1v) is 9.70. The molecular formula is C18H29N6O4+. The zero-order chi connectivity index (χ0) is 20.4. The van der Waals surface area contributed by atoms with Gasteiger partial charge in [-0.3, -0.25) is 24.3 Å². The van der Waals surface area contributed by atoms with Crippen LogP contribution in [0.15, 0.2) is 4.99 Å². The highest BCUT2D eigenvalue weighted by Crippen LogP contribution is 2.21. The molecule has 3 aliphatic rings. The number of ether oxygens (including phenoxy) is 1. The number of urea groups is 1. The molecule has 0 saturated carbocycles. The summed E-state index contributed by atoms with van der Waals surface area (Å²) in [6.07, 6.45) is 1.45. The van der Waals surface area contributed by atoms with Crippen molar-refractivity contribution in [1.29, 1.82) is 0 Å². The van der Waals surface area contributed by atoms with Gasteiger partial charge in [0.05, 0.1) is 6.61 Å². The standard InChI is InChI=1S/C18H28N6O4/c1-4-28-10-9-24-13(11-23-7-5-12(6-8-23)15(19)25)20-16-14(24)17(26)22(3)18(27)21(16)2/h12,14H,4-11H2,1-3H3,(H-,19,25)/p+1. The van der Waals surface area contributed by atoms with Gasteiger partial charge in [0, 0.05) is 26.6 Å². The third-order valence-corrected chi connectivity index (χ3v) is 5.65. The van der Waals surface area contributed by atoms with E-state index in [1.165, 1.54) is 11.9 Å². The van der Waals surface area contributed by atoms with E-state index < -0.39 is 6.04 Å². The number of carbonyl (C=O) groups is 3. The summed E-state index contributed by atoms with van der Waals surface area (Å²) in [4.78, 5) is 45.9. The molecule has 3 rings (SSSR count). The Balaban J connectivity index is 1.81. The highest BCUT2D eigenvalue weighted by Gasteiger charge is 2.53. The van der Waals surface area contributed by atoms with E-state index in [1.54, 1.807) is 7.05 Å². The van der Waals surface area contributed by atoms with Crippen LogP contribution >= 0.6 is 0 Å². The molecule has 0 aromatic rings. The summed E-state index contributed by atoms with van der Waals surface area (Å²) in [5, 5.41) is 0. The van der Waals surface area contributed by atoms with Crippen molar-refractivity contribution >= 4 is 29.5 Å². The average Bonchev–Trinajstić information content (AvgIpc) is 3.03. The highest BCUT2D eigenvalue weighted by atomic mass is 16.5. The first-order chi connectivity index (χ1) is 13.3. The van der Waals surface area contributed by atoms with Gasteiger partial charge in [0.15, 0.2) is 0 Å². The second-order valence-electron chi connectivity index (χ2n) is 7.37. The number of carbonyl (C=O) groups excluding carboxylic acids is 3. The van der Waals surface area contributed by atoms with Gasteiger partial charge in [0.1, 0.15) is 13.1 Å². The minimum atomic E-state index is -0.605. The number of nitrogens with two attached hydrogens (primary N) is 1. The smallest absolute Gasteiger partial charge is 0.333 e. The molecule has 1 unspecified atom stereocenters. The van der Waals surface area contributed by atoms with Crippen LogP contribution in [0.4, 0.5) is 4.79 Å². The molecule has 154 valence electrons. The Kier molecular flexibility index (Phi) is 6.09. The SMILES string of the molecule is CCOCC[N+]1=C(CN2CCC(C(N)=O)CC2)N=C2C1C(=O)N(C)C(=O)N2C. The summed E-state index contributed by atoms with van der Waals surface area (Å²) in [7, 11) is 3.13. The third-order valence-electron chi connectivity index (χ3n) is 5.65. The first-order valence-electron chi connectivity index (χ1n) is 9.70. The van der Waals surface area contributed by atoms with Crippen molar-refractivity contribution in [1.82, 2.24) is 14.7 Å². The summed E-state index contributed by atoms with van der Waals surface area (Å²) in [5.74, 6) is 0.617.